The summed E-state index contributed by atoms with van der Waals surface area (Å²) in [6.45, 7) is 12.8. The number of nitrogens with zero attached hydrogens (tertiary/aromatic N) is 6. The minimum Gasteiger partial charge on any atom is -0.370 e. The van der Waals surface area contributed by atoms with Crippen LogP contribution in [0.4, 0.5) is 11.6 Å². The van der Waals surface area contributed by atoms with Gasteiger partial charge in [-0.1, -0.05) is 0 Å². The number of aromatic nitrogens is 4. The van der Waals surface area contributed by atoms with Crippen molar-refractivity contribution >= 4 is 21.7 Å². The van der Waals surface area contributed by atoms with Gasteiger partial charge in [0.1, 0.15) is 22.4 Å². The zero-order valence-corrected chi connectivity index (χ0v) is 18.0. The fourth-order valence-corrected chi connectivity index (χ4v) is 5.43. The molecule has 1 fully saturated rings. The van der Waals surface area contributed by atoms with Gasteiger partial charge in [-0.25, -0.2) is 18.4 Å². The molecule has 1 N–H and O–H groups in total. The van der Waals surface area contributed by atoms with Crippen LogP contribution in [-0.4, -0.2) is 65.2 Å². The lowest BCUT2D eigenvalue weighted by atomic mass is 10.3. The van der Waals surface area contributed by atoms with E-state index in [1.54, 1.807) is 15.9 Å². The molecule has 0 saturated carbocycles. The summed E-state index contributed by atoms with van der Waals surface area (Å²) in [7, 11) is -3.56. The molecule has 0 aromatic carbocycles. The second-order valence-corrected chi connectivity index (χ2v) is 8.77. The fourth-order valence-electron chi connectivity index (χ4n) is 3.63. The van der Waals surface area contributed by atoms with Crippen molar-refractivity contribution in [1.29, 1.82) is 0 Å². The molecule has 0 aliphatic carbocycles. The summed E-state index contributed by atoms with van der Waals surface area (Å²) in [5, 5.41) is 7.57. The summed E-state index contributed by atoms with van der Waals surface area (Å²) in [6.07, 6.45) is 0. The third kappa shape index (κ3) is 3.83. The topological polar surface area (TPSA) is 96.2 Å². The van der Waals surface area contributed by atoms with E-state index in [9.17, 15) is 8.42 Å². The smallest absolute Gasteiger partial charge is 0.246 e. The molecule has 3 heterocycles. The second-order valence-electron chi connectivity index (χ2n) is 6.90. The van der Waals surface area contributed by atoms with E-state index in [1.807, 2.05) is 33.8 Å². The van der Waals surface area contributed by atoms with Gasteiger partial charge in [0.2, 0.25) is 10.0 Å². The molecule has 10 heteroatoms. The molecule has 0 amide bonds. The molecule has 1 saturated heterocycles. The number of hydrogen-bond donors (Lipinski definition) is 1. The van der Waals surface area contributed by atoms with E-state index >= 15 is 0 Å². The molecule has 154 valence electrons. The Labute approximate surface area is 166 Å². The van der Waals surface area contributed by atoms with Gasteiger partial charge in [-0.3, -0.25) is 4.68 Å². The number of aryl methyl sites for hydroxylation is 3. The maximum Gasteiger partial charge on any atom is 0.246 e. The van der Waals surface area contributed by atoms with Gasteiger partial charge < -0.3 is 10.2 Å². The van der Waals surface area contributed by atoms with Crippen LogP contribution in [0.15, 0.2) is 11.0 Å². The lowest BCUT2D eigenvalue weighted by molar-refractivity contribution is 0.383. The van der Waals surface area contributed by atoms with Crippen molar-refractivity contribution in [2.75, 3.05) is 42.9 Å². The lowest BCUT2D eigenvalue weighted by Gasteiger charge is -2.34. The van der Waals surface area contributed by atoms with Crippen molar-refractivity contribution in [3.05, 3.63) is 23.3 Å². The van der Waals surface area contributed by atoms with Crippen molar-refractivity contribution < 1.29 is 8.42 Å². The molecule has 2 aromatic rings. The van der Waals surface area contributed by atoms with Gasteiger partial charge in [0.25, 0.3) is 0 Å². The summed E-state index contributed by atoms with van der Waals surface area (Å²) in [6, 6.07) is 1.92. The van der Waals surface area contributed by atoms with Crippen LogP contribution in [0.3, 0.4) is 0 Å². The highest BCUT2D eigenvalue weighted by Gasteiger charge is 2.33. The third-order valence-electron chi connectivity index (χ3n) is 4.96. The number of hydrogen-bond acceptors (Lipinski definition) is 7. The largest absolute Gasteiger partial charge is 0.370 e. The van der Waals surface area contributed by atoms with Gasteiger partial charge in [0.05, 0.1) is 11.4 Å². The molecule has 0 unspecified atom stereocenters. The average molecular weight is 408 g/mol. The van der Waals surface area contributed by atoms with Crippen LogP contribution in [0.5, 0.6) is 0 Å². The molecule has 1 aliphatic heterocycles. The van der Waals surface area contributed by atoms with Gasteiger partial charge in [-0.05, 0) is 34.6 Å². The number of nitrogens with one attached hydrogen (secondary N) is 1. The number of anilines is 2. The maximum atomic E-state index is 13.2. The number of piperazine rings is 1. The lowest BCUT2D eigenvalue weighted by Crippen LogP contribution is -2.49. The fraction of sp³-hybridized carbons (Fsp3) is 0.611. The van der Waals surface area contributed by atoms with Crippen molar-refractivity contribution in [1.82, 2.24) is 24.1 Å². The average Bonchev–Trinajstić information content (AvgIpc) is 2.95. The summed E-state index contributed by atoms with van der Waals surface area (Å²) >= 11 is 0. The Bertz CT molecular complexity index is 947. The van der Waals surface area contributed by atoms with Gasteiger partial charge >= 0.3 is 0 Å². The zero-order chi connectivity index (χ0) is 20.5. The summed E-state index contributed by atoms with van der Waals surface area (Å²) < 4.78 is 29.7. The number of sulfonamides is 1. The van der Waals surface area contributed by atoms with E-state index in [0.717, 1.165) is 18.2 Å². The highest BCUT2D eigenvalue weighted by Crippen LogP contribution is 2.26. The summed E-state index contributed by atoms with van der Waals surface area (Å²) in [5.74, 6) is 2.31. The van der Waals surface area contributed by atoms with Crippen molar-refractivity contribution in [2.24, 2.45) is 0 Å². The van der Waals surface area contributed by atoms with E-state index in [1.165, 1.54) is 0 Å². The van der Waals surface area contributed by atoms with Crippen LogP contribution in [0.25, 0.3) is 0 Å². The van der Waals surface area contributed by atoms with Crippen molar-refractivity contribution in [3.8, 4) is 0 Å². The first-order chi connectivity index (χ1) is 13.3. The minimum atomic E-state index is -3.56. The van der Waals surface area contributed by atoms with E-state index in [0.29, 0.717) is 54.8 Å². The Morgan fingerprint density at radius 2 is 1.75 bits per heavy atom. The quantitative estimate of drug-likeness (QED) is 0.776. The van der Waals surface area contributed by atoms with Gasteiger partial charge in [-0.2, -0.15) is 9.40 Å². The Balaban J connectivity index is 1.78. The molecule has 1 aliphatic rings. The van der Waals surface area contributed by atoms with Crippen LogP contribution in [-0.2, 0) is 16.6 Å². The zero-order valence-electron chi connectivity index (χ0n) is 17.2. The van der Waals surface area contributed by atoms with Crippen molar-refractivity contribution in [3.63, 3.8) is 0 Å². The minimum absolute atomic E-state index is 0.343. The second kappa shape index (κ2) is 8.04. The molecule has 0 spiro atoms. The van der Waals surface area contributed by atoms with Crippen LogP contribution in [0.2, 0.25) is 0 Å². The van der Waals surface area contributed by atoms with Gasteiger partial charge in [0.15, 0.2) is 0 Å². The molecule has 2 aromatic heterocycles. The Morgan fingerprint density at radius 1 is 1.07 bits per heavy atom. The Morgan fingerprint density at radius 3 is 2.32 bits per heavy atom. The standard InChI is InChI=1S/C18H29N7O2S/c1-6-19-16-12-17(21-15(5)20-16)23-8-10-24(11-9-23)28(26,27)18-13(3)22-25(7-2)14(18)4/h12H,6-11H2,1-5H3,(H,19,20,21). The van der Waals surface area contributed by atoms with E-state index < -0.39 is 10.0 Å². The Kier molecular flexibility index (Phi) is 5.90. The third-order valence-corrected chi connectivity index (χ3v) is 7.11. The van der Waals surface area contributed by atoms with E-state index in [-0.39, 0.29) is 0 Å². The molecular weight excluding hydrogens is 378 g/mol. The molecular formula is C18H29N7O2S. The molecule has 0 bridgehead atoms. The highest BCUT2D eigenvalue weighted by atomic mass is 32.2. The number of rotatable bonds is 6. The first-order valence-electron chi connectivity index (χ1n) is 9.66. The van der Waals surface area contributed by atoms with Gasteiger partial charge in [-0.15, -0.1) is 0 Å². The SMILES string of the molecule is CCNc1cc(N2CCN(S(=O)(=O)c3c(C)nn(CC)c3C)CC2)nc(C)n1. The summed E-state index contributed by atoms with van der Waals surface area (Å²) in [5.41, 5.74) is 1.26. The molecule has 9 nitrogen and oxygen atoms in total. The monoisotopic (exact) mass is 407 g/mol. The van der Waals surface area contributed by atoms with Crippen LogP contribution in [0, 0.1) is 20.8 Å². The van der Waals surface area contributed by atoms with Gasteiger partial charge in [0, 0.05) is 45.3 Å². The van der Waals surface area contributed by atoms with Crippen molar-refractivity contribution in [2.45, 2.75) is 46.1 Å². The molecule has 0 radical (unpaired) electrons. The predicted molar refractivity (Wildman–Crippen MR) is 109 cm³/mol. The maximum absolute atomic E-state index is 13.2. The first-order valence-corrected chi connectivity index (χ1v) is 11.1. The van der Waals surface area contributed by atoms with Crippen LogP contribution in [0.1, 0.15) is 31.1 Å². The van der Waals surface area contributed by atoms with E-state index in [2.05, 4.69) is 25.3 Å². The normalized spacial score (nSPS) is 15.8. The Hall–Kier alpha value is -2.20. The molecule has 0 atom stereocenters. The van der Waals surface area contributed by atoms with Crippen LogP contribution < -0.4 is 10.2 Å². The predicted octanol–water partition coefficient (Wildman–Crippen LogP) is 1.56. The molecule has 3 rings (SSSR count). The highest BCUT2D eigenvalue weighted by molar-refractivity contribution is 7.89. The first kappa shape index (κ1) is 20.5. The summed E-state index contributed by atoms with van der Waals surface area (Å²) in [4.78, 5) is 11.3. The van der Waals surface area contributed by atoms with Crippen LogP contribution >= 0.6 is 0 Å². The molecule has 28 heavy (non-hydrogen) atoms. The van der Waals surface area contributed by atoms with E-state index in [4.69, 9.17) is 0 Å².